The first-order valence-corrected chi connectivity index (χ1v) is 9.48. The lowest BCUT2D eigenvalue weighted by atomic mass is 10.1. The Labute approximate surface area is 151 Å². The molecule has 2 heterocycles. The molecular formula is C20H31N3O2. The third-order valence-corrected chi connectivity index (χ3v) is 5.04. The van der Waals surface area contributed by atoms with Crippen LogP contribution >= 0.6 is 0 Å². The second-order valence-electron chi connectivity index (χ2n) is 7.76. The number of amides is 1. The SMILES string of the molecule is CC(C)CN1CCO[C@@H](CNC(=O)CN2c3ccccc3C[C@H]2C)C1. The summed E-state index contributed by atoms with van der Waals surface area (Å²) in [6.07, 6.45) is 1.11. The van der Waals surface area contributed by atoms with E-state index in [4.69, 9.17) is 4.74 Å². The largest absolute Gasteiger partial charge is 0.374 e. The summed E-state index contributed by atoms with van der Waals surface area (Å²) >= 11 is 0. The van der Waals surface area contributed by atoms with Gasteiger partial charge in [0.1, 0.15) is 0 Å². The first-order valence-electron chi connectivity index (χ1n) is 9.48. The number of hydrogen-bond donors (Lipinski definition) is 1. The maximum atomic E-state index is 12.4. The Morgan fingerprint density at radius 1 is 1.36 bits per heavy atom. The minimum atomic E-state index is 0.0770. The van der Waals surface area contributed by atoms with Crippen LogP contribution in [0.1, 0.15) is 26.3 Å². The van der Waals surface area contributed by atoms with E-state index in [9.17, 15) is 4.79 Å². The molecule has 0 aliphatic carbocycles. The Kier molecular flexibility index (Phi) is 5.97. The number of carbonyl (C=O) groups is 1. The van der Waals surface area contributed by atoms with E-state index < -0.39 is 0 Å². The predicted molar refractivity (Wildman–Crippen MR) is 101 cm³/mol. The number of ether oxygens (including phenoxy) is 1. The van der Waals surface area contributed by atoms with Crippen molar-refractivity contribution in [2.75, 3.05) is 44.2 Å². The fraction of sp³-hybridized carbons (Fsp3) is 0.650. The topological polar surface area (TPSA) is 44.8 Å². The van der Waals surface area contributed by atoms with Gasteiger partial charge in [0.15, 0.2) is 0 Å². The van der Waals surface area contributed by atoms with Crippen molar-refractivity contribution in [1.82, 2.24) is 10.2 Å². The quantitative estimate of drug-likeness (QED) is 0.855. The number of benzene rings is 1. The molecule has 5 nitrogen and oxygen atoms in total. The van der Waals surface area contributed by atoms with Gasteiger partial charge >= 0.3 is 0 Å². The Morgan fingerprint density at radius 2 is 2.16 bits per heavy atom. The van der Waals surface area contributed by atoms with Crippen LogP contribution in [0.2, 0.25) is 0 Å². The van der Waals surface area contributed by atoms with Gasteiger partial charge in [-0.05, 0) is 30.9 Å². The second kappa shape index (κ2) is 8.19. The van der Waals surface area contributed by atoms with Crippen molar-refractivity contribution in [3.8, 4) is 0 Å². The van der Waals surface area contributed by atoms with E-state index in [1.165, 1.54) is 11.3 Å². The molecule has 2 aliphatic rings. The number of nitrogens with zero attached hydrogens (tertiary/aromatic N) is 2. The van der Waals surface area contributed by atoms with E-state index in [0.717, 1.165) is 32.7 Å². The first kappa shape index (κ1) is 18.2. The van der Waals surface area contributed by atoms with Crippen molar-refractivity contribution >= 4 is 11.6 Å². The molecular weight excluding hydrogens is 314 g/mol. The van der Waals surface area contributed by atoms with E-state index in [0.29, 0.717) is 25.0 Å². The molecule has 1 saturated heterocycles. The maximum Gasteiger partial charge on any atom is 0.239 e. The highest BCUT2D eigenvalue weighted by atomic mass is 16.5. The molecule has 138 valence electrons. The van der Waals surface area contributed by atoms with Crippen LogP contribution in [-0.2, 0) is 16.0 Å². The Hall–Kier alpha value is -1.59. The lowest BCUT2D eigenvalue weighted by Crippen LogP contribution is -2.49. The summed E-state index contributed by atoms with van der Waals surface area (Å²) in [4.78, 5) is 17.1. The summed E-state index contributed by atoms with van der Waals surface area (Å²) in [5.74, 6) is 0.734. The molecule has 1 aromatic carbocycles. The van der Waals surface area contributed by atoms with Crippen LogP contribution in [0, 0.1) is 5.92 Å². The molecule has 1 fully saturated rings. The molecule has 0 radical (unpaired) electrons. The van der Waals surface area contributed by atoms with Crippen molar-refractivity contribution in [2.45, 2.75) is 39.3 Å². The molecule has 0 spiro atoms. The standard InChI is InChI=1S/C20H31N3O2/c1-15(2)12-22-8-9-25-18(13-22)11-21-20(24)14-23-16(3)10-17-6-4-5-7-19(17)23/h4-7,15-16,18H,8-14H2,1-3H3,(H,21,24)/t16-,18+/m1/s1. The summed E-state index contributed by atoms with van der Waals surface area (Å²) in [6, 6.07) is 8.75. The molecule has 2 aliphatic heterocycles. The van der Waals surface area contributed by atoms with E-state index in [-0.39, 0.29) is 12.0 Å². The molecule has 25 heavy (non-hydrogen) atoms. The molecule has 1 amide bonds. The normalized spacial score (nSPS) is 23.8. The van der Waals surface area contributed by atoms with Crippen LogP contribution in [0.4, 0.5) is 5.69 Å². The highest BCUT2D eigenvalue weighted by Gasteiger charge is 2.27. The molecule has 0 aromatic heterocycles. The van der Waals surface area contributed by atoms with Gasteiger partial charge in [-0.3, -0.25) is 9.69 Å². The second-order valence-corrected chi connectivity index (χ2v) is 7.76. The summed E-state index contributed by atoms with van der Waals surface area (Å²) in [7, 11) is 0. The van der Waals surface area contributed by atoms with Crippen LogP contribution in [0.25, 0.3) is 0 Å². The fourth-order valence-electron chi connectivity index (χ4n) is 3.89. The van der Waals surface area contributed by atoms with E-state index >= 15 is 0 Å². The monoisotopic (exact) mass is 345 g/mol. The molecule has 0 unspecified atom stereocenters. The van der Waals surface area contributed by atoms with Crippen molar-refractivity contribution < 1.29 is 9.53 Å². The zero-order valence-corrected chi connectivity index (χ0v) is 15.7. The molecule has 2 atom stereocenters. The van der Waals surface area contributed by atoms with Crippen LogP contribution in [0.3, 0.4) is 0 Å². The molecule has 0 bridgehead atoms. The molecule has 1 aromatic rings. The zero-order chi connectivity index (χ0) is 17.8. The lowest BCUT2D eigenvalue weighted by Gasteiger charge is -2.34. The van der Waals surface area contributed by atoms with Crippen molar-refractivity contribution in [3.05, 3.63) is 29.8 Å². The van der Waals surface area contributed by atoms with Crippen molar-refractivity contribution in [2.24, 2.45) is 5.92 Å². The predicted octanol–water partition coefficient (Wildman–Crippen LogP) is 1.91. The number of carbonyl (C=O) groups excluding carboxylic acids is 1. The molecule has 3 rings (SSSR count). The third kappa shape index (κ3) is 4.73. The van der Waals surface area contributed by atoms with Gasteiger partial charge in [0.25, 0.3) is 0 Å². The van der Waals surface area contributed by atoms with E-state index in [2.05, 4.69) is 54.1 Å². The Balaban J connectivity index is 1.47. The van der Waals surface area contributed by atoms with Gasteiger partial charge in [0.05, 0.1) is 19.3 Å². The van der Waals surface area contributed by atoms with Crippen LogP contribution in [0.5, 0.6) is 0 Å². The van der Waals surface area contributed by atoms with Gasteiger partial charge in [-0.25, -0.2) is 0 Å². The van der Waals surface area contributed by atoms with Crippen molar-refractivity contribution in [3.63, 3.8) is 0 Å². The molecule has 5 heteroatoms. The number of fused-ring (bicyclic) bond motifs is 1. The van der Waals surface area contributed by atoms with Gasteiger partial charge in [-0.15, -0.1) is 0 Å². The Bertz CT molecular complexity index is 590. The maximum absolute atomic E-state index is 12.4. The minimum Gasteiger partial charge on any atom is -0.374 e. The molecule has 1 N–H and O–H groups in total. The zero-order valence-electron chi connectivity index (χ0n) is 15.7. The van der Waals surface area contributed by atoms with Gasteiger partial charge in [-0.1, -0.05) is 32.0 Å². The number of nitrogens with one attached hydrogen (secondary N) is 1. The smallest absolute Gasteiger partial charge is 0.239 e. The van der Waals surface area contributed by atoms with Crippen molar-refractivity contribution in [1.29, 1.82) is 0 Å². The van der Waals surface area contributed by atoms with Crippen LogP contribution in [0.15, 0.2) is 24.3 Å². The lowest BCUT2D eigenvalue weighted by molar-refractivity contribution is -0.121. The van der Waals surface area contributed by atoms with Gasteiger partial charge < -0.3 is 15.0 Å². The van der Waals surface area contributed by atoms with Gasteiger partial charge in [0.2, 0.25) is 5.91 Å². The number of rotatable bonds is 6. The summed E-state index contributed by atoms with van der Waals surface area (Å²) in [5.41, 5.74) is 2.53. The van der Waals surface area contributed by atoms with E-state index in [1.54, 1.807) is 0 Å². The first-order chi connectivity index (χ1) is 12.0. The number of hydrogen-bond acceptors (Lipinski definition) is 4. The van der Waals surface area contributed by atoms with Gasteiger partial charge in [-0.2, -0.15) is 0 Å². The average molecular weight is 345 g/mol. The van der Waals surface area contributed by atoms with Crippen LogP contribution < -0.4 is 10.2 Å². The number of para-hydroxylation sites is 1. The third-order valence-electron chi connectivity index (χ3n) is 5.04. The van der Waals surface area contributed by atoms with Gasteiger partial charge in [0, 0.05) is 37.9 Å². The minimum absolute atomic E-state index is 0.0770. The summed E-state index contributed by atoms with van der Waals surface area (Å²) in [5, 5.41) is 3.07. The number of morpholine rings is 1. The number of anilines is 1. The average Bonchev–Trinajstić information content (AvgIpc) is 2.88. The fourth-order valence-corrected chi connectivity index (χ4v) is 3.89. The highest BCUT2D eigenvalue weighted by Crippen LogP contribution is 2.31. The Morgan fingerprint density at radius 3 is 2.96 bits per heavy atom. The summed E-state index contributed by atoms with van der Waals surface area (Å²) < 4.78 is 5.82. The van der Waals surface area contributed by atoms with Crippen LogP contribution in [-0.4, -0.2) is 62.3 Å². The highest BCUT2D eigenvalue weighted by molar-refractivity contribution is 5.82. The molecule has 0 saturated carbocycles. The van der Waals surface area contributed by atoms with E-state index in [1.807, 2.05) is 6.07 Å². The summed E-state index contributed by atoms with van der Waals surface area (Å²) in [6.45, 7) is 11.4.